The lowest BCUT2D eigenvalue weighted by Gasteiger charge is -2.27. The molecule has 2 unspecified atom stereocenters. The molecule has 0 spiro atoms. The molecule has 14 heavy (non-hydrogen) atoms. The van der Waals surface area contributed by atoms with E-state index in [0.29, 0.717) is 6.61 Å². The zero-order valence-corrected chi connectivity index (χ0v) is 8.44. The summed E-state index contributed by atoms with van der Waals surface area (Å²) in [7, 11) is 0. The van der Waals surface area contributed by atoms with Crippen LogP contribution in [0.1, 0.15) is 30.2 Å². The predicted molar refractivity (Wildman–Crippen MR) is 54.9 cm³/mol. The van der Waals surface area contributed by atoms with E-state index in [0.717, 1.165) is 18.5 Å². The number of rotatable bonds is 1. The molecule has 1 aliphatic rings. The van der Waals surface area contributed by atoms with E-state index < -0.39 is 0 Å². The van der Waals surface area contributed by atoms with Gasteiger partial charge < -0.3 is 10.5 Å². The fourth-order valence-electron chi connectivity index (χ4n) is 1.80. The van der Waals surface area contributed by atoms with Gasteiger partial charge in [-0.2, -0.15) is 0 Å². The van der Waals surface area contributed by atoms with Gasteiger partial charge in [-0.25, -0.2) is 0 Å². The van der Waals surface area contributed by atoms with Gasteiger partial charge in [0.2, 0.25) is 0 Å². The Balaban J connectivity index is 2.08. The fourth-order valence-corrected chi connectivity index (χ4v) is 1.80. The van der Waals surface area contributed by atoms with E-state index >= 15 is 0 Å². The number of nitrogens with two attached hydrogens (primary N) is 1. The second-order valence-electron chi connectivity index (χ2n) is 3.89. The van der Waals surface area contributed by atoms with Crippen LogP contribution in [0.2, 0.25) is 0 Å². The summed E-state index contributed by atoms with van der Waals surface area (Å²) in [5, 5.41) is 0. The van der Waals surface area contributed by atoms with E-state index in [1.807, 2.05) is 19.2 Å². The van der Waals surface area contributed by atoms with Crippen LogP contribution in [0, 0.1) is 6.92 Å². The molecule has 0 aromatic carbocycles. The van der Waals surface area contributed by atoms with Crippen LogP contribution in [0.15, 0.2) is 18.3 Å². The van der Waals surface area contributed by atoms with Crippen LogP contribution in [0.4, 0.5) is 0 Å². The van der Waals surface area contributed by atoms with Gasteiger partial charge in [0.15, 0.2) is 0 Å². The van der Waals surface area contributed by atoms with Gasteiger partial charge in [0.1, 0.15) is 0 Å². The third-order valence-corrected chi connectivity index (χ3v) is 2.60. The van der Waals surface area contributed by atoms with Crippen molar-refractivity contribution in [3.8, 4) is 0 Å². The first-order chi connectivity index (χ1) is 6.75. The van der Waals surface area contributed by atoms with Crippen molar-refractivity contribution in [2.24, 2.45) is 5.73 Å². The molecule has 2 atom stereocenters. The second kappa shape index (κ2) is 4.07. The van der Waals surface area contributed by atoms with Crippen molar-refractivity contribution in [1.29, 1.82) is 0 Å². The average Bonchev–Trinajstić information content (AvgIpc) is 2.19. The molecule has 0 aliphatic carbocycles. The molecule has 2 rings (SSSR count). The van der Waals surface area contributed by atoms with Crippen molar-refractivity contribution in [2.75, 3.05) is 6.61 Å². The maximum Gasteiger partial charge on any atom is 0.0827 e. The fraction of sp³-hybridized carbons (Fsp3) is 0.545. The summed E-state index contributed by atoms with van der Waals surface area (Å²) in [6.45, 7) is 2.67. The van der Waals surface area contributed by atoms with Gasteiger partial charge in [-0.3, -0.25) is 4.98 Å². The Kier molecular flexibility index (Phi) is 2.79. The highest BCUT2D eigenvalue weighted by molar-refractivity contribution is 5.18. The smallest absolute Gasteiger partial charge is 0.0827 e. The lowest BCUT2D eigenvalue weighted by Crippen LogP contribution is -2.32. The summed E-state index contributed by atoms with van der Waals surface area (Å²) in [6.07, 6.45) is 4.12. The van der Waals surface area contributed by atoms with E-state index in [-0.39, 0.29) is 12.1 Å². The van der Waals surface area contributed by atoms with Crippen molar-refractivity contribution < 1.29 is 4.74 Å². The van der Waals surface area contributed by atoms with Crippen LogP contribution in [0.5, 0.6) is 0 Å². The maximum atomic E-state index is 5.77. The maximum absolute atomic E-state index is 5.77. The van der Waals surface area contributed by atoms with Gasteiger partial charge in [-0.1, -0.05) is 0 Å². The highest BCUT2D eigenvalue weighted by atomic mass is 16.5. The first-order valence-electron chi connectivity index (χ1n) is 5.05. The minimum absolute atomic E-state index is 0.217. The Morgan fingerprint density at radius 2 is 2.36 bits per heavy atom. The molecule has 1 aromatic rings. The quantitative estimate of drug-likeness (QED) is 0.734. The molecule has 1 saturated heterocycles. The Morgan fingerprint density at radius 1 is 1.50 bits per heavy atom. The Bertz CT molecular complexity index is 306. The molecular formula is C11H16N2O. The predicted octanol–water partition coefficient (Wildman–Crippen LogP) is 1.57. The number of aryl methyl sites for hydroxylation is 1. The van der Waals surface area contributed by atoms with Gasteiger partial charge in [-0.05, 0) is 37.5 Å². The van der Waals surface area contributed by atoms with Crippen molar-refractivity contribution in [3.05, 3.63) is 29.6 Å². The molecule has 76 valence electrons. The lowest BCUT2D eigenvalue weighted by molar-refractivity contribution is 0.00404. The largest absolute Gasteiger partial charge is 0.372 e. The van der Waals surface area contributed by atoms with Gasteiger partial charge in [0.05, 0.1) is 12.7 Å². The number of hydrogen-bond donors (Lipinski definition) is 1. The molecular weight excluding hydrogens is 176 g/mol. The molecule has 0 bridgehead atoms. The van der Waals surface area contributed by atoms with Crippen LogP contribution in [-0.4, -0.2) is 17.6 Å². The zero-order valence-electron chi connectivity index (χ0n) is 8.44. The standard InChI is InChI=1S/C11H16N2O/c1-8-6-9(4-5-13-8)11-3-2-10(12)7-14-11/h4-6,10-11H,2-3,7,12H2,1H3. The summed E-state index contributed by atoms with van der Waals surface area (Å²) >= 11 is 0. The molecule has 0 amide bonds. The highest BCUT2D eigenvalue weighted by Gasteiger charge is 2.20. The average molecular weight is 192 g/mol. The van der Waals surface area contributed by atoms with Crippen LogP contribution >= 0.6 is 0 Å². The lowest BCUT2D eigenvalue weighted by atomic mass is 10.00. The summed E-state index contributed by atoms with van der Waals surface area (Å²) < 4.78 is 5.68. The molecule has 0 radical (unpaired) electrons. The normalized spacial score (nSPS) is 27.6. The van der Waals surface area contributed by atoms with Gasteiger partial charge in [0.25, 0.3) is 0 Å². The van der Waals surface area contributed by atoms with Gasteiger partial charge >= 0.3 is 0 Å². The topological polar surface area (TPSA) is 48.1 Å². The number of hydrogen-bond acceptors (Lipinski definition) is 3. The van der Waals surface area contributed by atoms with Crippen LogP contribution in [-0.2, 0) is 4.74 Å². The molecule has 1 aromatic heterocycles. The Morgan fingerprint density at radius 3 is 3.00 bits per heavy atom. The van der Waals surface area contributed by atoms with Crippen molar-refractivity contribution >= 4 is 0 Å². The van der Waals surface area contributed by atoms with Crippen LogP contribution in [0.25, 0.3) is 0 Å². The number of nitrogens with zero attached hydrogens (tertiary/aromatic N) is 1. The highest BCUT2D eigenvalue weighted by Crippen LogP contribution is 2.27. The minimum atomic E-state index is 0.217. The van der Waals surface area contributed by atoms with E-state index in [4.69, 9.17) is 10.5 Å². The van der Waals surface area contributed by atoms with E-state index in [1.165, 1.54) is 5.56 Å². The zero-order chi connectivity index (χ0) is 9.97. The Labute approximate surface area is 84.3 Å². The first-order valence-corrected chi connectivity index (χ1v) is 5.05. The molecule has 0 saturated carbocycles. The SMILES string of the molecule is Cc1cc(C2CCC(N)CO2)ccn1. The van der Waals surface area contributed by atoms with E-state index in [2.05, 4.69) is 11.1 Å². The summed E-state index contributed by atoms with van der Waals surface area (Å²) in [6, 6.07) is 4.32. The third kappa shape index (κ3) is 2.11. The Hall–Kier alpha value is -0.930. The van der Waals surface area contributed by atoms with Crippen LogP contribution in [0.3, 0.4) is 0 Å². The van der Waals surface area contributed by atoms with E-state index in [9.17, 15) is 0 Å². The van der Waals surface area contributed by atoms with Crippen molar-refractivity contribution in [2.45, 2.75) is 31.9 Å². The van der Waals surface area contributed by atoms with Gasteiger partial charge in [-0.15, -0.1) is 0 Å². The van der Waals surface area contributed by atoms with Gasteiger partial charge in [0, 0.05) is 17.9 Å². The number of aromatic nitrogens is 1. The van der Waals surface area contributed by atoms with Crippen LogP contribution < -0.4 is 5.73 Å². The molecule has 3 nitrogen and oxygen atoms in total. The monoisotopic (exact) mass is 192 g/mol. The third-order valence-electron chi connectivity index (χ3n) is 2.60. The minimum Gasteiger partial charge on any atom is -0.372 e. The summed E-state index contributed by atoms with van der Waals surface area (Å²) in [5.41, 5.74) is 8.04. The van der Waals surface area contributed by atoms with E-state index in [1.54, 1.807) is 0 Å². The molecule has 2 heterocycles. The second-order valence-corrected chi connectivity index (χ2v) is 3.89. The molecule has 3 heteroatoms. The molecule has 2 N–H and O–H groups in total. The van der Waals surface area contributed by atoms with Crippen molar-refractivity contribution in [3.63, 3.8) is 0 Å². The number of ether oxygens (including phenoxy) is 1. The summed E-state index contributed by atoms with van der Waals surface area (Å²) in [5.74, 6) is 0. The molecule has 1 aliphatic heterocycles. The molecule has 1 fully saturated rings. The van der Waals surface area contributed by atoms with Crippen molar-refractivity contribution in [1.82, 2.24) is 4.98 Å². The number of pyridine rings is 1. The first kappa shape index (κ1) is 9.62. The summed E-state index contributed by atoms with van der Waals surface area (Å²) in [4.78, 5) is 4.17.